The van der Waals surface area contributed by atoms with Crippen molar-refractivity contribution in [1.82, 2.24) is 0 Å². The minimum absolute atomic E-state index is 0.0272. The molecule has 240 valence electrons. The fourth-order valence-corrected chi connectivity index (χ4v) is 6.89. The van der Waals surface area contributed by atoms with Gasteiger partial charge in [-0.3, -0.25) is 0 Å². The van der Waals surface area contributed by atoms with E-state index in [0.29, 0.717) is 64.1 Å². The van der Waals surface area contributed by atoms with Gasteiger partial charge in [0.05, 0.1) is 70.7 Å². The zero-order valence-electron chi connectivity index (χ0n) is 26.0. The number of aliphatic hydroxyl groups excluding tert-OH is 1. The van der Waals surface area contributed by atoms with E-state index < -0.39 is 0 Å². The molecule has 1 N–H and O–H groups in total. The van der Waals surface area contributed by atoms with Gasteiger partial charge in [-0.1, -0.05) is 77.0 Å². The Morgan fingerprint density at radius 1 is 0.390 bits per heavy atom. The molecule has 4 fully saturated rings. The highest BCUT2D eigenvalue weighted by atomic mass is 16.6. The molecule has 0 spiro atoms. The fraction of sp³-hybridized carbons (Fsp3) is 1.00. The van der Waals surface area contributed by atoms with Crippen LogP contribution in [0.5, 0.6) is 0 Å². The lowest BCUT2D eigenvalue weighted by Crippen LogP contribution is -2.36. The van der Waals surface area contributed by atoms with Crippen molar-refractivity contribution < 1.29 is 33.5 Å². The lowest BCUT2D eigenvalue weighted by molar-refractivity contribution is -0.128. The average Bonchev–Trinajstić information content (AvgIpc) is 3.04. The second-order valence-corrected chi connectivity index (χ2v) is 13.3. The zero-order valence-corrected chi connectivity index (χ0v) is 26.0. The van der Waals surface area contributed by atoms with Crippen molar-refractivity contribution in [3.05, 3.63) is 0 Å². The van der Waals surface area contributed by atoms with Gasteiger partial charge in [0.15, 0.2) is 0 Å². The van der Waals surface area contributed by atoms with E-state index in [1.165, 1.54) is 77.0 Å². The number of hydrogen-bond acceptors (Lipinski definition) is 7. The van der Waals surface area contributed by atoms with Crippen molar-refractivity contribution >= 4 is 0 Å². The van der Waals surface area contributed by atoms with Gasteiger partial charge in [0.1, 0.15) is 12.2 Å². The number of hydrogen-bond donors (Lipinski definition) is 1. The van der Waals surface area contributed by atoms with Crippen LogP contribution in [0.2, 0.25) is 0 Å². The summed E-state index contributed by atoms with van der Waals surface area (Å²) in [5, 5.41) is 10.2. The van der Waals surface area contributed by atoms with Crippen LogP contribution in [0.25, 0.3) is 0 Å². The number of aliphatic hydroxyl groups is 1. The van der Waals surface area contributed by atoms with E-state index in [1.54, 1.807) is 0 Å². The molecule has 0 aromatic rings. The maximum absolute atomic E-state index is 10.2. The molecule has 0 saturated heterocycles. The van der Waals surface area contributed by atoms with Crippen molar-refractivity contribution in [2.75, 3.05) is 46.2 Å². The van der Waals surface area contributed by atoms with Crippen LogP contribution in [-0.4, -0.2) is 88.0 Å². The monoisotopic (exact) mass is 582 g/mol. The van der Waals surface area contributed by atoms with Crippen molar-refractivity contribution in [2.45, 2.75) is 165 Å². The molecule has 4 saturated carbocycles. The minimum Gasteiger partial charge on any atom is -0.396 e. The van der Waals surface area contributed by atoms with Crippen molar-refractivity contribution in [2.24, 2.45) is 5.92 Å². The lowest BCUT2D eigenvalue weighted by Gasteiger charge is -2.29. The Balaban J connectivity index is 1.22. The molecule has 0 atom stereocenters. The first-order chi connectivity index (χ1) is 20.3. The summed E-state index contributed by atoms with van der Waals surface area (Å²) in [5.74, 6) is -0.103. The topological polar surface area (TPSA) is 75.6 Å². The summed E-state index contributed by atoms with van der Waals surface area (Å²) in [7, 11) is 0. The van der Waals surface area contributed by atoms with Crippen LogP contribution < -0.4 is 0 Å². The molecule has 0 aromatic carbocycles. The normalized spacial score (nSPS) is 22.8. The van der Waals surface area contributed by atoms with Crippen LogP contribution >= 0.6 is 0 Å². The molecule has 7 nitrogen and oxygen atoms in total. The van der Waals surface area contributed by atoms with Gasteiger partial charge in [0.2, 0.25) is 0 Å². The molecule has 0 amide bonds. The van der Waals surface area contributed by atoms with E-state index in [4.69, 9.17) is 28.4 Å². The van der Waals surface area contributed by atoms with Gasteiger partial charge in [0.25, 0.3) is 0 Å². The Bertz CT molecular complexity index is 529. The Kier molecular flexibility index (Phi) is 16.9. The Morgan fingerprint density at radius 2 is 0.659 bits per heavy atom. The molecule has 0 aromatic heterocycles. The van der Waals surface area contributed by atoms with Gasteiger partial charge in [-0.15, -0.1) is 0 Å². The second kappa shape index (κ2) is 20.6. The summed E-state index contributed by atoms with van der Waals surface area (Å²) in [6, 6.07) is 0. The number of rotatable bonds is 19. The molecule has 0 bridgehead atoms. The van der Waals surface area contributed by atoms with Crippen molar-refractivity contribution in [1.29, 1.82) is 0 Å². The Morgan fingerprint density at radius 3 is 0.902 bits per heavy atom. The fourth-order valence-electron chi connectivity index (χ4n) is 6.89. The first-order valence-corrected chi connectivity index (χ1v) is 17.6. The lowest BCUT2D eigenvalue weighted by atomic mass is 9.97. The minimum atomic E-state index is -0.118. The van der Waals surface area contributed by atoms with Gasteiger partial charge >= 0.3 is 0 Å². The third-order valence-electron chi connectivity index (χ3n) is 9.67. The Labute approximate surface area is 250 Å². The average molecular weight is 583 g/mol. The van der Waals surface area contributed by atoms with E-state index >= 15 is 0 Å². The predicted molar refractivity (Wildman–Crippen MR) is 161 cm³/mol. The van der Waals surface area contributed by atoms with Gasteiger partial charge in [-0.25, -0.2) is 0 Å². The van der Waals surface area contributed by atoms with Gasteiger partial charge in [-0.05, 0) is 51.4 Å². The molecule has 0 aliphatic heterocycles. The van der Waals surface area contributed by atoms with E-state index in [0.717, 1.165) is 51.4 Å². The standard InChI is InChI=1S/C34H62O7/c35-21-28(22-36-33(24-38-29-13-5-1-6-14-29)25-39-30-15-7-2-8-16-30)23-37-34(26-40-31-17-9-3-10-18-31)27-41-32-19-11-4-12-20-32/h28-35H,1-27H2. The summed E-state index contributed by atoms with van der Waals surface area (Å²) in [4.78, 5) is 0. The van der Waals surface area contributed by atoms with Crippen LogP contribution in [0.3, 0.4) is 0 Å². The highest BCUT2D eigenvalue weighted by Gasteiger charge is 2.24. The molecule has 4 aliphatic carbocycles. The molecule has 0 heterocycles. The molecule has 7 heteroatoms. The molecule has 0 radical (unpaired) electrons. The summed E-state index contributed by atoms with van der Waals surface area (Å²) in [6.45, 7) is 3.13. The summed E-state index contributed by atoms with van der Waals surface area (Å²) >= 11 is 0. The smallest absolute Gasteiger partial charge is 0.104 e. The van der Waals surface area contributed by atoms with Crippen LogP contribution in [-0.2, 0) is 28.4 Å². The first kappa shape index (κ1) is 33.6. The quantitative estimate of drug-likeness (QED) is 0.180. The van der Waals surface area contributed by atoms with E-state index in [-0.39, 0.29) is 24.7 Å². The molecule has 4 rings (SSSR count). The summed E-state index contributed by atoms with van der Waals surface area (Å²) in [6.07, 6.45) is 25.7. The van der Waals surface area contributed by atoms with E-state index in [2.05, 4.69) is 0 Å². The van der Waals surface area contributed by atoms with Crippen LogP contribution in [0.4, 0.5) is 0 Å². The second-order valence-electron chi connectivity index (χ2n) is 13.3. The Hall–Kier alpha value is -0.280. The molecule has 0 unspecified atom stereocenters. The third kappa shape index (κ3) is 13.9. The highest BCUT2D eigenvalue weighted by molar-refractivity contribution is 4.72. The summed E-state index contributed by atoms with van der Waals surface area (Å²) in [5.41, 5.74) is 0. The SMILES string of the molecule is OCC(COC(COC1CCCCC1)COC1CCCCC1)COC(COC1CCCCC1)COC1CCCCC1. The van der Waals surface area contributed by atoms with Crippen molar-refractivity contribution in [3.63, 3.8) is 0 Å². The van der Waals surface area contributed by atoms with Crippen LogP contribution in [0.1, 0.15) is 128 Å². The van der Waals surface area contributed by atoms with Gasteiger partial charge in [0, 0.05) is 5.92 Å². The predicted octanol–water partition coefficient (Wildman–Crippen LogP) is 6.76. The summed E-state index contributed by atoms with van der Waals surface area (Å²) < 4.78 is 37.9. The van der Waals surface area contributed by atoms with E-state index in [1.807, 2.05) is 0 Å². The molecule has 41 heavy (non-hydrogen) atoms. The largest absolute Gasteiger partial charge is 0.396 e. The third-order valence-corrected chi connectivity index (χ3v) is 9.67. The van der Waals surface area contributed by atoms with Gasteiger partial charge < -0.3 is 33.5 Å². The molecule has 4 aliphatic rings. The number of ether oxygens (including phenoxy) is 6. The van der Waals surface area contributed by atoms with Crippen LogP contribution in [0, 0.1) is 5.92 Å². The maximum Gasteiger partial charge on any atom is 0.104 e. The van der Waals surface area contributed by atoms with Gasteiger partial charge in [-0.2, -0.15) is 0 Å². The zero-order chi connectivity index (χ0) is 28.4. The molecular formula is C34H62O7. The first-order valence-electron chi connectivity index (χ1n) is 17.6. The van der Waals surface area contributed by atoms with Crippen LogP contribution in [0.15, 0.2) is 0 Å². The highest BCUT2D eigenvalue weighted by Crippen LogP contribution is 2.24. The van der Waals surface area contributed by atoms with E-state index in [9.17, 15) is 5.11 Å². The van der Waals surface area contributed by atoms with Crippen molar-refractivity contribution in [3.8, 4) is 0 Å². The molecular weight excluding hydrogens is 520 g/mol. The maximum atomic E-state index is 10.2.